The van der Waals surface area contributed by atoms with Gasteiger partial charge in [-0.25, -0.2) is 0 Å². The Kier molecular flexibility index (Phi) is 6.41. The topological polar surface area (TPSA) is 46.2 Å². The molecule has 1 aromatic rings. The molecule has 0 heterocycles. The van der Waals surface area contributed by atoms with Crippen molar-refractivity contribution in [1.29, 1.82) is 0 Å². The predicted molar refractivity (Wildman–Crippen MR) is 138 cm³/mol. The van der Waals surface area contributed by atoms with Crippen LogP contribution in [0.3, 0.4) is 0 Å². The van der Waals surface area contributed by atoms with E-state index >= 15 is 0 Å². The highest BCUT2D eigenvalue weighted by molar-refractivity contribution is 5.93. The number of Topliss-reactive ketones (excluding diaryl/α,β-unsaturated/α-hetero) is 1. The van der Waals surface area contributed by atoms with Gasteiger partial charge >= 0.3 is 6.18 Å². The number of carbonyl (C=O) groups excluding carboxylic acids is 2. The van der Waals surface area contributed by atoms with Gasteiger partial charge in [-0.1, -0.05) is 37.5 Å². The number of hydrogen-bond acceptors (Lipinski definition) is 3. The first-order valence-corrected chi connectivity index (χ1v) is 13.4. The normalized spacial score (nSPS) is 33.0. The number of alkyl halides is 3. The van der Waals surface area contributed by atoms with Gasteiger partial charge in [0, 0.05) is 37.4 Å². The van der Waals surface area contributed by atoms with Gasteiger partial charge < -0.3 is 5.32 Å². The van der Waals surface area contributed by atoms with E-state index in [0.29, 0.717) is 25.7 Å². The summed E-state index contributed by atoms with van der Waals surface area (Å²) in [7, 11) is 1.86. The van der Waals surface area contributed by atoms with E-state index in [4.69, 9.17) is 0 Å². The van der Waals surface area contributed by atoms with Crippen LogP contribution in [0.25, 0.3) is 0 Å². The van der Waals surface area contributed by atoms with Crippen LogP contribution >= 0.6 is 0 Å². The van der Waals surface area contributed by atoms with Crippen molar-refractivity contribution < 1.29 is 22.8 Å². The monoisotopic (exact) mass is 509 g/mol. The number of rotatable bonds is 4. The van der Waals surface area contributed by atoms with Gasteiger partial charge in [0.05, 0.1) is 5.41 Å². The maximum atomic E-state index is 13.5. The predicted octanol–water partition coefficient (Wildman–Crippen LogP) is 7.16. The second kappa shape index (κ2) is 9.19. The number of fused-ring (bicyclic) bond motifs is 4. The molecule has 0 bridgehead atoms. The van der Waals surface area contributed by atoms with Crippen molar-refractivity contribution in [2.45, 2.75) is 77.3 Å². The Morgan fingerprint density at radius 3 is 2.51 bits per heavy atom. The third kappa shape index (κ3) is 4.15. The van der Waals surface area contributed by atoms with Crippen LogP contribution in [0.5, 0.6) is 0 Å². The highest BCUT2D eigenvalue weighted by Gasteiger charge is 2.65. The van der Waals surface area contributed by atoms with Crippen LogP contribution in [0.1, 0.15) is 76.7 Å². The Morgan fingerprint density at radius 1 is 1.14 bits per heavy atom. The van der Waals surface area contributed by atoms with Gasteiger partial charge in [0.1, 0.15) is 0 Å². The van der Waals surface area contributed by atoms with Crippen molar-refractivity contribution in [2.75, 3.05) is 12.4 Å². The quantitative estimate of drug-likeness (QED) is 0.438. The summed E-state index contributed by atoms with van der Waals surface area (Å²) in [5.74, 6) is 4.33. The molecule has 0 radical (unpaired) electrons. The fraction of sp³-hybridized carbons (Fsp3) is 0.548. The van der Waals surface area contributed by atoms with E-state index < -0.39 is 17.0 Å². The molecule has 0 amide bonds. The summed E-state index contributed by atoms with van der Waals surface area (Å²) >= 11 is 0. The standard InChI is InChI=1S/C31H34F3NO2/c1-4-27(37)30(15-16-31(32,33)34)14-13-26-24-11-7-20-17-22(36)10-12-23(20)28(24)25(18-29(26,30)2)19-5-8-21(35-3)9-6-19/h5-6,8-9,17,24-26,35H,4,7,10-14,18H2,1-3H3/t24-,25+,26-,29-,30-/m0/s1. The Morgan fingerprint density at radius 2 is 1.86 bits per heavy atom. The lowest BCUT2D eigenvalue weighted by Gasteiger charge is -2.54. The van der Waals surface area contributed by atoms with Crippen molar-refractivity contribution in [3.8, 4) is 11.8 Å². The van der Waals surface area contributed by atoms with Crippen LogP contribution in [0.2, 0.25) is 0 Å². The number of hydrogen-bond donors (Lipinski definition) is 1. The van der Waals surface area contributed by atoms with Crippen LogP contribution in [0.15, 0.2) is 47.1 Å². The van der Waals surface area contributed by atoms with Gasteiger partial charge in [0.25, 0.3) is 0 Å². The van der Waals surface area contributed by atoms with Crippen LogP contribution in [-0.4, -0.2) is 24.8 Å². The fourth-order valence-corrected chi connectivity index (χ4v) is 8.08. The van der Waals surface area contributed by atoms with Gasteiger partial charge in [-0.05, 0) is 90.7 Å². The van der Waals surface area contributed by atoms with Crippen LogP contribution < -0.4 is 5.32 Å². The average molecular weight is 510 g/mol. The zero-order chi connectivity index (χ0) is 26.6. The Bertz CT molecular complexity index is 1250. The van der Waals surface area contributed by atoms with E-state index in [1.807, 2.05) is 32.2 Å². The number of anilines is 1. The van der Waals surface area contributed by atoms with Gasteiger partial charge in [-0.3, -0.25) is 9.59 Å². The molecule has 5 atom stereocenters. The summed E-state index contributed by atoms with van der Waals surface area (Å²) in [6.45, 7) is 3.77. The Hall–Kier alpha value is -2.81. The summed E-state index contributed by atoms with van der Waals surface area (Å²) < 4.78 is 40.1. The van der Waals surface area contributed by atoms with Crippen LogP contribution in [0, 0.1) is 34.5 Å². The number of halogens is 3. The molecule has 6 heteroatoms. The number of nitrogens with one attached hydrogen (secondary N) is 1. The van der Waals surface area contributed by atoms with Gasteiger partial charge in [-0.2, -0.15) is 13.2 Å². The summed E-state index contributed by atoms with van der Waals surface area (Å²) in [4.78, 5) is 25.8. The zero-order valence-corrected chi connectivity index (χ0v) is 21.7. The molecule has 0 aliphatic heterocycles. The number of benzene rings is 1. The van der Waals surface area contributed by atoms with Gasteiger partial charge in [-0.15, -0.1) is 0 Å². The maximum absolute atomic E-state index is 13.5. The molecule has 4 aliphatic rings. The van der Waals surface area contributed by atoms with E-state index in [-0.39, 0.29) is 35.7 Å². The molecule has 0 aromatic heterocycles. The molecule has 4 aliphatic carbocycles. The molecule has 196 valence electrons. The van der Waals surface area contributed by atoms with Gasteiger partial charge in [0.15, 0.2) is 11.6 Å². The van der Waals surface area contributed by atoms with E-state index in [0.717, 1.165) is 36.1 Å². The summed E-state index contributed by atoms with van der Waals surface area (Å²) in [5.41, 5.74) is 3.88. The minimum Gasteiger partial charge on any atom is -0.388 e. The maximum Gasteiger partial charge on any atom is 0.457 e. The van der Waals surface area contributed by atoms with Crippen molar-refractivity contribution in [2.24, 2.45) is 22.7 Å². The van der Waals surface area contributed by atoms with Crippen LogP contribution in [-0.2, 0) is 9.59 Å². The van der Waals surface area contributed by atoms with Crippen molar-refractivity contribution in [3.63, 3.8) is 0 Å². The summed E-state index contributed by atoms with van der Waals surface area (Å²) in [5, 5.41) is 3.15. The number of carbonyl (C=O) groups is 2. The number of allylic oxidation sites excluding steroid dienone is 4. The molecule has 0 unspecified atom stereocenters. The van der Waals surface area contributed by atoms with Crippen molar-refractivity contribution in [1.82, 2.24) is 0 Å². The molecule has 5 rings (SSSR count). The van der Waals surface area contributed by atoms with E-state index in [1.165, 1.54) is 17.1 Å². The molecule has 2 fully saturated rings. The smallest absolute Gasteiger partial charge is 0.388 e. The lowest BCUT2D eigenvalue weighted by atomic mass is 9.48. The largest absolute Gasteiger partial charge is 0.457 e. The molecular weight excluding hydrogens is 475 g/mol. The molecule has 37 heavy (non-hydrogen) atoms. The zero-order valence-electron chi connectivity index (χ0n) is 21.7. The first-order chi connectivity index (χ1) is 17.5. The molecule has 1 aromatic carbocycles. The van der Waals surface area contributed by atoms with Crippen molar-refractivity contribution >= 4 is 17.3 Å². The third-order valence-corrected chi connectivity index (χ3v) is 9.75. The number of ketones is 2. The highest BCUT2D eigenvalue weighted by atomic mass is 19.4. The summed E-state index contributed by atoms with van der Waals surface area (Å²) in [6, 6.07) is 8.24. The fourth-order valence-electron chi connectivity index (χ4n) is 8.08. The van der Waals surface area contributed by atoms with Crippen molar-refractivity contribution in [3.05, 3.63) is 52.6 Å². The van der Waals surface area contributed by atoms with E-state index in [9.17, 15) is 22.8 Å². The first kappa shape index (κ1) is 25.8. The Balaban J connectivity index is 1.70. The first-order valence-electron chi connectivity index (χ1n) is 13.4. The molecule has 0 saturated heterocycles. The lowest BCUT2D eigenvalue weighted by molar-refractivity contribution is -0.132. The average Bonchev–Trinajstić information content (AvgIpc) is 3.18. The van der Waals surface area contributed by atoms with Gasteiger partial charge in [0.2, 0.25) is 0 Å². The second-order valence-electron chi connectivity index (χ2n) is 11.3. The van der Waals surface area contributed by atoms with E-state index in [1.54, 1.807) is 6.92 Å². The lowest BCUT2D eigenvalue weighted by Crippen LogP contribution is -2.50. The third-order valence-electron chi connectivity index (χ3n) is 9.75. The highest BCUT2D eigenvalue weighted by Crippen LogP contribution is 2.69. The molecular formula is C31H34F3NO2. The second-order valence-corrected chi connectivity index (χ2v) is 11.3. The van der Waals surface area contributed by atoms with E-state index in [2.05, 4.69) is 23.4 Å². The Labute approximate surface area is 217 Å². The summed E-state index contributed by atoms with van der Waals surface area (Å²) in [6.07, 6.45) is 1.85. The molecule has 0 spiro atoms. The minimum absolute atomic E-state index is 0.0288. The van der Waals surface area contributed by atoms with Crippen LogP contribution in [0.4, 0.5) is 18.9 Å². The SMILES string of the molecule is CCC(=O)[C@@]1(C#CC(F)(F)F)CC[C@H]2[C@@H]3CCC4=CC(=O)CCC4=C3[C@@H](c3ccc(NC)cc3)C[C@@]21C. The minimum atomic E-state index is -4.64. The molecule has 2 saturated carbocycles. The molecule has 1 N–H and O–H groups in total. The molecule has 3 nitrogen and oxygen atoms in total.